The Morgan fingerprint density at radius 3 is 2.51 bits per heavy atom. The molecule has 0 aromatic carbocycles. The molecule has 6 rings (SSSR count). The lowest BCUT2D eigenvalue weighted by Crippen LogP contribution is -2.77. The smallest absolute Gasteiger partial charge is 0.333 e. The molecular weight excluding hydrogens is 496 g/mol. The number of allylic oxidation sites excluding steroid dienone is 1. The van der Waals surface area contributed by atoms with Crippen LogP contribution in [0.2, 0.25) is 0 Å². The van der Waals surface area contributed by atoms with E-state index in [1.54, 1.807) is 26.2 Å². The summed E-state index contributed by atoms with van der Waals surface area (Å²) < 4.78 is 18.8. The summed E-state index contributed by atoms with van der Waals surface area (Å²) in [5, 5.41) is 23.9. The van der Waals surface area contributed by atoms with Crippen LogP contribution in [0, 0.1) is 34.5 Å². The first-order valence-corrected chi connectivity index (χ1v) is 14.1. The molecule has 4 aliphatic carbocycles. The van der Waals surface area contributed by atoms with Crippen molar-refractivity contribution in [3.8, 4) is 0 Å². The standard InChI is InChI=1S/C29H39ClO7/c1-15-11-21(37-24(32)16(15)2)20-14-36-29(35-5)13-19-17(18-8-10-27(20,33)26(18,29)4)12-22(30)28(34)9-6-7-23(31)25(19,28)3/h6-7,17-22,33-34H,8-14H2,1-5H3. The van der Waals surface area contributed by atoms with E-state index in [0.717, 1.165) is 12.0 Å². The quantitative estimate of drug-likeness (QED) is 0.411. The molecular formula is C29H39ClO7. The van der Waals surface area contributed by atoms with E-state index in [2.05, 4.69) is 6.92 Å². The Kier molecular flexibility index (Phi) is 5.56. The zero-order chi connectivity index (χ0) is 26.8. The van der Waals surface area contributed by atoms with Crippen molar-refractivity contribution in [2.24, 2.45) is 34.5 Å². The van der Waals surface area contributed by atoms with Crippen LogP contribution in [0.1, 0.15) is 66.2 Å². The van der Waals surface area contributed by atoms with Crippen LogP contribution in [-0.2, 0) is 23.8 Å². The number of hydrogen-bond acceptors (Lipinski definition) is 7. The highest BCUT2D eigenvalue weighted by Gasteiger charge is 2.80. The van der Waals surface area contributed by atoms with Gasteiger partial charge in [0.25, 0.3) is 0 Å². The lowest BCUT2D eigenvalue weighted by Gasteiger charge is -2.70. The second-order valence-electron chi connectivity index (χ2n) is 13.0. The summed E-state index contributed by atoms with van der Waals surface area (Å²) in [5.41, 5.74) is -2.84. The Hall–Kier alpha value is -1.25. The molecule has 204 valence electrons. The number of carbonyl (C=O) groups is 2. The summed E-state index contributed by atoms with van der Waals surface area (Å²) in [5.74, 6) is -2.25. The molecule has 11 atom stereocenters. The highest BCUT2D eigenvalue weighted by molar-refractivity contribution is 6.22. The van der Waals surface area contributed by atoms with E-state index in [1.165, 1.54) is 0 Å². The number of alkyl halides is 1. The minimum atomic E-state index is -1.35. The van der Waals surface area contributed by atoms with Crippen molar-refractivity contribution in [3.05, 3.63) is 23.3 Å². The Morgan fingerprint density at radius 2 is 1.84 bits per heavy atom. The minimum absolute atomic E-state index is 0.00524. The van der Waals surface area contributed by atoms with Crippen molar-refractivity contribution < 1.29 is 34.0 Å². The van der Waals surface area contributed by atoms with Crippen LogP contribution in [0.3, 0.4) is 0 Å². The maximum absolute atomic E-state index is 13.5. The van der Waals surface area contributed by atoms with Crippen molar-refractivity contribution in [1.82, 2.24) is 0 Å². The molecule has 1 saturated heterocycles. The van der Waals surface area contributed by atoms with Crippen molar-refractivity contribution in [2.75, 3.05) is 13.7 Å². The van der Waals surface area contributed by atoms with Crippen LogP contribution in [0.15, 0.2) is 23.3 Å². The van der Waals surface area contributed by atoms with E-state index in [1.807, 2.05) is 13.8 Å². The van der Waals surface area contributed by atoms with Gasteiger partial charge >= 0.3 is 5.97 Å². The third-order valence-corrected chi connectivity index (χ3v) is 12.8. The van der Waals surface area contributed by atoms with Gasteiger partial charge in [-0.15, -0.1) is 11.6 Å². The van der Waals surface area contributed by atoms with Gasteiger partial charge < -0.3 is 24.4 Å². The van der Waals surface area contributed by atoms with Gasteiger partial charge in [0.15, 0.2) is 11.6 Å². The molecule has 6 aliphatic rings. The normalized spacial score (nSPS) is 54.9. The van der Waals surface area contributed by atoms with Gasteiger partial charge in [-0.2, -0.15) is 0 Å². The van der Waals surface area contributed by atoms with Gasteiger partial charge in [-0.1, -0.05) is 18.6 Å². The van der Waals surface area contributed by atoms with Crippen molar-refractivity contribution in [3.63, 3.8) is 0 Å². The van der Waals surface area contributed by atoms with Gasteiger partial charge in [-0.25, -0.2) is 4.79 Å². The van der Waals surface area contributed by atoms with Crippen molar-refractivity contribution in [2.45, 2.75) is 94.7 Å². The molecule has 4 fully saturated rings. The van der Waals surface area contributed by atoms with Gasteiger partial charge in [0.05, 0.1) is 34.0 Å². The highest BCUT2D eigenvalue weighted by Crippen LogP contribution is 2.74. The van der Waals surface area contributed by atoms with Crippen LogP contribution in [-0.4, -0.2) is 64.2 Å². The number of carbonyl (C=O) groups excluding carboxylic acids is 2. The zero-order valence-corrected chi connectivity index (χ0v) is 23.1. The number of ether oxygens (including phenoxy) is 3. The fourth-order valence-electron chi connectivity index (χ4n) is 9.76. The molecule has 11 unspecified atom stereocenters. The molecule has 8 heteroatoms. The van der Waals surface area contributed by atoms with E-state index in [9.17, 15) is 19.8 Å². The number of halogens is 1. The SMILES string of the molecule is COC12CC3C(CC(Cl)C4(O)CC=CC(=O)C34C)C3CCC(O)(C(C4CC(C)=C(C)C(=O)O4)CO1)C32C. The summed E-state index contributed by atoms with van der Waals surface area (Å²) in [6.07, 6.45) is 5.91. The largest absolute Gasteiger partial charge is 0.458 e. The van der Waals surface area contributed by atoms with E-state index in [4.69, 9.17) is 25.8 Å². The van der Waals surface area contributed by atoms with E-state index < -0.39 is 45.2 Å². The predicted molar refractivity (Wildman–Crippen MR) is 136 cm³/mol. The summed E-state index contributed by atoms with van der Waals surface area (Å²) in [6.45, 7) is 7.83. The number of ketones is 1. The van der Waals surface area contributed by atoms with E-state index in [0.29, 0.717) is 37.7 Å². The molecule has 0 amide bonds. The molecule has 3 saturated carbocycles. The lowest BCUT2D eigenvalue weighted by molar-refractivity contribution is -0.407. The molecule has 7 nitrogen and oxygen atoms in total. The summed E-state index contributed by atoms with van der Waals surface area (Å²) >= 11 is 6.94. The molecule has 37 heavy (non-hydrogen) atoms. The van der Waals surface area contributed by atoms with Gasteiger partial charge in [-0.05, 0) is 70.3 Å². The molecule has 0 aromatic heterocycles. The maximum Gasteiger partial charge on any atom is 0.333 e. The molecule has 0 radical (unpaired) electrons. The number of hydrogen-bond donors (Lipinski definition) is 2. The summed E-state index contributed by atoms with van der Waals surface area (Å²) in [4.78, 5) is 26.1. The number of methoxy groups -OCH3 is 1. The fraction of sp³-hybridized carbons (Fsp3) is 0.793. The first-order valence-electron chi connectivity index (χ1n) is 13.7. The number of aliphatic hydroxyl groups is 2. The first kappa shape index (κ1) is 26.0. The number of cyclic esters (lactones) is 1. The van der Waals surface area contributed by atoms with Gasteiger partial charge in [-0.3, -0.25) is 4.79 Å². The number of esters is 1. The molecule has 0 aromatic rings. The molecule has 0 bridgehead atoms. The molecule has 2 aliphatic heterocycles. The summed E-state index contributed by atoms with van der Waals surface area (Å²) in [7, 11) is 1.61. The Bertz CT molecular complexity index is 1120. The Morgan fingerprint density at radius 1 is 1.11 bits per heavy atom. The van der Waals surface area contributed by atoms with E-state index >= 15 is 0 Å². The lowest BCUT2D eigenvalue weighted by atomic mass is 9.41. The molecule has 0 spiro atoms. The van der Waals surface area contributed by atoms with Gasteiger partial charge in [0.1, 0.15) is 6.10 Å². The van der Waals surface area contributed by atoms with Crippen molar-refractivity contribution in [1.29, 1.82) is 0 Å². The van der Waals surface area contributed by atoms with Crippen LogP contribution < -0.4 is 0 Å². The zero-order valence-electron chi connectivity index (χ0n) is 22.4. The first-order chi connectivity index (χ1) is 17.3. The van der Waals surface area contributed by atoms with Gasteiger partial charge in [0, 0.05) is 31.4 Å². The second-order valence-corrected chi connectivity index (χ2v) is 13.5. The van der Waals surface area contributed by atoms with E-state index in [-0.39, 0.29) is 36.1 Å². The van der Waals surface area contributed by atoms with Gasteiger partial charge in [0.2, 0.25) is 0 Å². The fourth-order valence-corrected chi connectivity index (χ4v) is 10.3. The monoisotopic (exact) mass is 534 g/mol. The second kappa shape index (κ2) is 7.91. The Balaban J connectivity index is 1.45. The Labute approximate surface area is 223 Å². The molecule has 2 N–H and O–H groups in total. The molecule has 2 heterocycles. The predicted octanol–water partition coefficient (Wildman–Crippen LogP) is 3.69. The topological polar surface area (TPSA) is 102 Å². The van der Waals surface area contributed by atoms with Crippen molar-refractivity contribution >= 4 is 23.4 Å². The van der Waals surface area contributed by atoms with Crippen LogP contribution in [0.4, 0.5) is 0 Å². The third-order valence-electron chi connectivity index (χ3n) is 12.2. The van der Waals surface area contributed by atoms with Crippen LogP contribution in [0.5, 0.6) is 0 Å². The highest BCUT2D eigenvalue weighted by atomic mass is 35.5. The van der Waals surface area contributed by atoms with Crippen LogP contribution >= 0.6 is 11.6 Å². The average molecular weight is 535 g/mol. The summed E-state index contributed by atoms with van der Waals surface area (Å²) in [6, 6.07) is 0. The van der Waals surface area contributed by atoms with Crippen LogP contribution in [0.25, 0.3) is 0 Å². The maximum atomic E-state index is 13.5. The minimum Gasteiger partial charge on any atom is -0.458 e. The number of fused-ring (bicyclic) bond motifs is 4. The average Bonchev–Trinajstić information content (AvgIpc) is 3.13. The number of rotatable bonds is 2. The third kappa shape index (κ3) is 2.83.